The predicted octanol–water partition coefficient (Wildman–Crippen LogP) is 2.01. The minimum absolute atomic E-state index is 0.147. The monoisotopic (exact) mass is 249 g/mol. The maximum Gasteiger partial charge on any atom is 0.305 e. The van der Waals surface area contributed by atoms with Crippen LogP contribution in [0.1, 0.15) is 18.4 Å². The van der Waals surface area contributed by atoms with E-state index in [4.69, 9.17) is 4.74 Å². The van der Waals surface area contributed by atoms with Crippen LogP contribution in [0.25, 0.3) is 0 Å². The van der Waals surface area contributed by atoms with Crippen LogP contribution in [0.15, 0.2) is 18.2 Å². The highest BCUT2D eigenvalue weighted by Gasteiger charge is 2.13. The molecule has 1 aliphatic heterocycles. The summed E-state index contributed by atoms with van der Waals surface area (Å²) in [4.78, 5) is 13.2. The number of hydrogen-bond donors (Lipinski definition) is 0. The second kappa shape index (κ2) is 5.76. The van der Waals surface area contributed by atoms with Gasteiger partial charge in [-0.15, -0.1) is 0 Å². The smallest absolute Gasteiger partial charge is 0.305 e. The van der Waals surface area contributed by atoms with Crippen molar-refractivity contribution >= 4 is 11.7 Å². The van der Waals surface area contributed by atoms with E-state index in [2.05, 4.69) is 21.8 Å². The van der Waals surface area contributed by atoms with Crippen LogP contribution in [0, 0.1) is 0 Å². The fourth-order valence-electron chi connectivity index (χ4n) is 2.10. The Hall–Kier alpha value is -1.71. The standard InChI is InChI=1S/C14H19NO3/c1-15(8-3-4-14(16)17-2)12-5-6-13-11(10-12)7-9-18-13/h5-6,10H,3-4,7-9H2,1-2H3. The van der Waals surface area contributed by atoms with E-state index in [-0.39, 0.29) is 5.97 Å². The lowest BCUT2D eigenvalue weighted by atomic mass is 10.1. The van der Waals surface area contributed by atoms with E-state index in [9.17, 15) is 4.79 Å². The molecule has 1 heterocycles. The van der Waals surface area contributed by atoms with Crippen molar-refractivity contribution < 1.29 is 14.3 Å². The summed E-state index contributed by atoms with van der Waals surface area (Å²) in [6, 6.07) is 6.25. The molecule has 0 radical (unpaired) electrons. The van der Waals surface area contributed by atoms with Crippen molar-refractivity contribution in [2.45, 2.75) is 19.3 Å². The summed E-state index contributed by atoms with van der Waals surface area (Å²) in [5.41, 5.74) is 2.44. The molecule has 0 aliphatic carbocycles. The molecule has 0 bridgehead atoms. The van der Waals surface area contributed by atoms with Crippen LogP contribution in [-0.2, 0) is 16.0 Å². The van der Waals surface area contributed by atoms with Gasteiger partial charge in [-0.05, 0) is 30.2 Å². The number of carbonyl (C=O) groups is 1. The third-order valence-electron chi connectivity index (χ3n) is 3.22. The Labute approximate surface area is 107 Å². The van der Waals surface area contributed by atoms with Crippen LogP contribution in [0.2, 0.25) is 0 Å². The molecule has 0 unspecified atom stereocenters. The second-order valence-corrected chi connectivity index (χ2v) is 4.49. The quantitative estimate of drug-likeness (QED) is 0.748. The maximum atomic E-state index is 11.0. The second-order valence-electron chi connectivity index (χ2n) is 4.49. The Bertz CT molecular complexity index is 431. The number of ether oxygens (including phenoxy) is 2. The van der Waals surface area contributed by atoms with Crippen molar-refractivity contribution in [1.82, 2.24) is 0 Å². The van der Waals surface area contributed by atoms with Crippen LogP contribution in [0.3, 0.4) is 0 Å². The van der Waals surface area contributed by atoms with Crippen molar-refractivity contribution in [2.75, 3.05) is 32.2 Å². The fraction of sp³-hybridized carbons (Fsp3) is 0.500. The van der Waals surface area contributed by atoms with Crippen molar-refractivity contribution in [1.29, 1.82) is 0 Å². The first kappa shape index (κ1) is 12.7. The molecular formula is C14H19NO3. The molecule has 0 amide bonds. The van der Waals surface area contributed by atoms with Gasteiger partial charge in [0, 0.05) is 32.1 Å². The number of hydrogen-bond acceptors (Lipinski definition) is 4. The number of nitrogens with zero attached hydrogens (tertiary/aromatic N) is 1. The van der Waals surface area contributed by atoms with Gasteiger partial charge in [-0.3, -0.25) is 4.79 Å². The summed E-state index contributed by atoms with van der Waals surface area (Å²) in [6.07, 6.45) is 2.25. The lowest BCUT2D eigenvalue weighted by molar-refractivity contribution is -0.140. The topological polar surface area (TPSA) is 38.8 Å². The fourth-order valence-corrected chi connectivity index (χ4v) is 2.10. The summed E-state index contributed by atoms with van der Waals surface area (Å²) in [5.74, 6) is 0.854. The maximum absolute atomic E-state index is 11.0. The molecule has 18 heavy (non-hydrogen) atoms. The molecule has 2 rings (SSSR count). The van der Waals surface area contributed by atoms with Gasteiger partial charge in [-0.25, -0.2) is 0 Å². The first-order chi connectivity index (χ1) is 8.70. The highest BCUT2D eigenvalue weighted by Crippen LogP contribution is 2.29. The van der Waals surface area contributed by atoms with Crippen molar-refractivity contribution in [3.8, 4) is 5.75 Å². The molecular weight excluding hydrogens is 230 g/mol. The Morgan fingerprint density at radius 2 is 2.33 bits per heavy atom. The molecule has 0 atom stereocenters. The van der Waals surface area contributed by atoms with Crippen LogP contribution in [0.4, 0.5) is 5.69 Å². The van der Waals surface area contributed by atoms with Crippen molar-refractivity contribution in [3.05, 3.63) is 23.8 Å². The average Bonchev–Trinajstić information content (AvgIpc) is 2.85. The molecule has 0 saturated heterocycles. The van der Waals surface area contributed by atoms with E-state index in [0.29, 0.717) is 6.42 Å². The Kier molecular flexibility index (Phi) is 4.07. The predicted molar refractivity (Wildman–Crippen MR) is 70.2 cm³/mol. The van der Waals surface area contributed by atoms with Gasteiger partial charge in [0.25, 0.3) is 0 Å². The summed E-state index contributed by atoms with van der Waals surface area (Å²) in [7, 11) is 3.46. The van der Waals surface area contributed by atoms with Crippen LogP contribution in [-0.4, -0.2) is 33.3 Å². The lowest BCUT2D eigenvalue weighted by Crippen LogP contribution is -2.19. The van der Waals surface area contributed by atoms with Crippen molar-refractivity contribution in [3.63, 3.8) is 0 Å². The van der Waals surface area contributed by atoms with Crippen LogP contribution >= 0.6 is 0 Å². The van der Waals surface area contributed by atoms with Crippen LogP contribution < -0.4 is 9.64 Å². The van der Waals surface area contributed by atoms with E-state index < -0.39 is 0 Å². The third kappa shape index (κ3) is 2.94. The first-order valence-corrected chi connectivity index (χ1v) is 6.24. The minimum atomic E-state index is -0.147. The molecule has 1 aromatic rings. The molecule has 1 aliphatic rings. The molecule has 0 N–H and O–H groups in total. The zero-order chi connectivity index (χ0) is 13.0. The third-order valence-corrected chi connectivity index (χ3v) is 3.22. The molecule has 4 nitrogen and oxygen atoms in total. The molecule has 1 aromatic carbocycles. The lowest BCUT2D eigenvalue weighted by Gasteiger charge is -2.19. The Morgan fingerprint density at radius 1 is 1.50 bits per heavy atom. The van der Waals surface area contributed by atoms with Crippen molar-refractivity contribution in [2.24, 2.45) is 0 Å². The number of fused-ring (bicyclic) bond motifs is 1. The van der Waals surface area contributed by atoms with Gasteiger partial charge in [-0.1, -0.05) is 0 Å². The van der Waals surface area contributed by atoms with E-state index in [0.717, 1.165) is 31.7 Å². The Morgan fingerprint density at radius 3 is 3.11 bits per heavy atom. The van der Waals surface area contributed by atoms with Crippen LogP contribution in [0.5, 0.6) is 5.75 Å². The normalized spacial score (nSPS) is 12.8. The number of methoxy groups -OCH3 is 1. The van der Waals surface area contributed by atoms with Gasteiger partial charge in [0.2, 0.25) is 0 Å². The van der Waals surface area contributed by atoms with E-state index in [1.54, 1.807) is 0 Å². The summed E-state index contributed by atoms with van der Waals surface area (Å²) < 4.78 is 10.1. The van der Waals surface area contributed by atoms with E-state index in [1.807, 2.05) is 13.1 Å². The number of benzene rings is 1. The minimum Gasteiger partial charge on any atom is -0.493 e. The van der Waals surface area contributed by atoms with Gasteiger partial charge >= 0.3 is 5.97 Å². The first-order valence-electron chi connectivity index (χ1n) is 6.24. The number of esters is 1. The summed E-state index contributed by atoms with van der Waals surface area (Å²) in [5, 5.41) is 0. The van der Waals surface area contributed by atoms with Gasteiger partial charge in [0.15, 0.2) is 0 Å². The summed E-state index contributed by atoms with van der Waals surface area (Å²) in [6.45, 7) is 1.62. The SMILES string of the molecule is COC(=O)CCCN(C)c1ccc2c(c1)CCO2. The molecule has 0 saturated carbocycles. The average molecular weight is 249 g/mol. The molecule has 4 heteroatoms. The van der Waals surface area contributed by atoms with Gasteiger partial charge in [-0.2, -0.15) is 0 Å². The van der Waals surface area contributed by atoms with Gasteiger partial charge in [0.05, 0.1) is 13.7 Å². The number of carbonyl (C=O) groups excluding carboxylic acids is 1. The zero-order valence-electron chi connectivity index (χ0n) is 10.9. The van der Waals surface area contributed by atoms with E-state index in [1.165, 1.54) is 18.4 Å². The van der Waals surface area contributed by atoms with Gasteiger partial charge < -0.3 is 14.4 Å². The highest BCUT2D eigenvalue weighted by molar-refractivity contribution is 5.69. The highest BCUT2D eigenvalue weighted by atomic mass is 16.5. The largest absolute Gasteiger partial charge is 0.493 e. The number of anilines is 1. The van der Waals surface area contributed by atoms with Gasteiger partial charge in [0.1, 0.15) is 5.75 Å². The number of rotatable bonds is 5. The summed E-state index contributed by atoms with van der Waals surface area (Å²) >= 11 is 0. The van der Waals surface area contributed by atoms with E-state index >= 15 is 0 Å². The molecule has 0 spiro atoms. The molecule has 0 aromatic heterocycles. The molecule has 98 valence electrons. The molecule has 0 fully saturated rings. The Balaban J connectivity index is 1.89. The zero-order valence-corrected chi connectivity index (χ0v) is 10.9.